The van der Waals surface area contributed by atoms with E-state index in [9.17, 15) is 4.79 Å². The minimum Gasteiger partial charge on any atom is -0.420 e. The Morgan fingerprint density at radius 3 is 2.94 bits per heavy atom. The van der Waals surface area contributed by atoms with Crippen molar-refractivity contribution in [1.82, 2.24) is 19.9 Å². The summed E-state index contributed by atoms with van der Waals surface area (Å²) < 4.78 is 12.5. The van der Waals surface area contributed by atoms with Gasteiger partial charge in [-0.2, -0.15) is 4.98 Å². The zero-order valence-electron chi connectivity index (χ0n) is 18.4. The van der Waals surface area contributed by atoms with Crippen LogP contribution >= 0.6 is 22.9 Å². The normalized spacial score (nSPS) is 16.1. The van der Waals surface area contributed by atoms with Gasteiger partial charge in [-0.05, 0) is 43.6 Å². The second-order valence-corrected chi connectivity index (χ2v) is 9.21. The van der Waals surface area contributed by atoms with E-state index in [-0.39, 0.29) is 17.2 Å². The van der Waals surface area contributed by atoms with Crippen LogP contribution in [0.1, 0.15) is 29.1 Å². The predicted octanol–water partition coefficient (Wildman–Crippen LogP) is 5.11. The molecule has 1 aliphatic heterocycles. The van der Waals surface area contributed by atoms with Gasteiger partial charge in [-0.3, -0.25) is 4.79 Å². The number of aromatic nitrogens is 3. The van der Waals surface area contributed by atoms with Crippen molar-refractivity contribution in [3.8, 4) is 11.8 Å². The fourth-order valence-electron chi connectivity index (χ4n) is 3.78. The zero-order chi connectivity index (χ0) is 23.1. The number of rotatable bonds is 5. The van der Waals surface area contributed by atoms with Gasteiger partial charge < -0.3 is 19.7 Å². The minimum atomic E-state index is 0.0345. The van der Waals surface area contributed by atoms with E-state index < -0.39 is 0 Å². The first-order valence-electron chi connectivity index (χ1n) is 10.6. The second-order valence-electron chi connectivity index (χ2n) is 7.82. The molecule has 0 fully saturated rings. The van der Waals surface area contributed by atoms with Crippen molar-refractivity contribution in [1.29, 1.82) is 0 Å². The molecular formula is C23H22ClN5O3S. The Hall–Kier alpha value is -3.01. The number of amides is 1. The maximum Gasteiger partial charge on any atom is 0.266 e. The lowest BCUT2D eigenvalue weighted by Crippen LogP contribution is -2.36. The van der Waals surface area contributed by atoms with Crippen LogP contribution in [0.4, 0.5) is 5.69 Å². The highest BCUT2D eigenvalue weighted by molar-refractivity contribution is 7.21. The van der Waals surface area contributed by atoms with Crippen LogP contribution in [0.25, 0.3) is 21.0 Å². The number of likely N-dealkylation sites (N-methyl/N-ethyl adjacent to an activating group) is 1. The number of anilines is 1. The van der Waals surface area contributed by atoms with E-state index in [4.69, 9.17) is 21.1 Å². The number of ether oxygens (including phenoxy) is 2. The summed E-state index contributed by atoms with van der Waals surface area (Å²) in [6, 6.07) is 7.78. The fourth-order valence-corrected chi connectivity index (χ4v) is 5.08. The second kappa shape index (κ2) is 8.74. The van der Waals surface area contributed by atoms with Gasteiger partial charge in [-0.25, -0.2) is 9.97 Å². The summed E-state index contributed by atoms with van der Waals surface area (Å²) in [7, 11) is 1.84. The third-order valence-electron chi connectivity index (χ3n) is 5.70. The molecule has 0 unspecified atom stereocenters. The van der Waals surface area contributed by atoms with Crippen molar-refractivity contribution < 1.29 is 14.3 Å². The molecule has 0 spiro atoms. The van der Waals surface area contributed by atoms with Crippen LogP contribution in [0.2, 0.25) is 5.28 Å². The van der Waals surface area contributed by atoms with E-state index in [1.165, 1.54) is 11.3 Å². The molecule has 3 aromatic heterocycles. The lowest BCUT2D eigenvalue weighted by molar-refractivity contribution is 0.0762. The van der Waals surface area contributed by atoms with Gasteiger partial charge in [-0.15, -0.1) is 11.3 Å². The Balaban J connectivity index is 1.56. The Kier molecular flexibility index (Phi) is 5.77. The summed E-state index contributed by atoms with van der Waals surface area (Å²) >= 11 is 7.48. The highest BCUT2D eigenvalue weighted by atomic mass is 35.5. The van der Waals surface area contributed by atoms with Crippen molar-refractivity contribution in [3.05, 3.63) is 46.2 Å². The van der Waals surface area contributed by atoms with Gasteiger partial charge in [0.2, 0.25) is 17.0 Å². The number of halogens is 1. The lowest BCUT2D eigenvalue weighted by Gasteiger charge is -2.21. The number of carbonyl (C=O) groups excluding carboxylic acids is 1. The van der Waals surface area contributed by atoms with Gasteiger partial charge in [0.25, 0.3) is 5.91 Å². The molecule has 0 bridgehead atoms. The topological polar surface area (TPSA) is 89.5 Å². The Labute approximate surface area is 199 Å². The molecule has 4 heterocycles. The van der Waals surface area contributed by atoms with Crippen molar-refractivity contribution in [2.24, 2.45) is 0 Å². The number of hydrogen-bond donors (Lipinski definition) is 1. The zero-order valence-corrected chi connectivity index (χ0v) is 20.0. The molecular weight excluding hydrogens is 462 g/mol. The first kappa shape index (κ1) is 21.8. The van der Waals surface area contributed by atoms with Crippen molar-refractivity contribution in [2.75, 3.05) is 25.5 Å². The Morgan fingerprint density at radius 2 is 2.12 bits per heavy atom. The molecule has 8 nitrogen and oxygen atoms in total. The number of thiophene rings is 1. The van der Waals surface area contributed by atoms with Crippen LogP contribution in [0.3, 0.4) is 0 Å². The summed E-state index contributed by atoms with van der Waals surface area (Å²) in [6.45, 7) is 5.50. The standard InChI is InChI=1S/C23H22ClN5O3S/c1-4-31-11-13-10-26-23(24)28-21(13)32-17-8-5-14-15(27-17)6-7-16-18(14)19-20(33-16)22(30)29(3)12(2)9-25-19/h5-8,10,12,25H,4,9,11H2,1-3H3/t12-/m1/s1. The van der Waals surface area contributed by atoms with Gasteiger partial charge in [0.15, 0.2) is 0 Å². The van der Waals surface area contributed by atoms with Gasteiger partial charge >= 0.3 is 0 Å². The van der Waals surface area contributed by atoms with Gasteiger partial charge in [-0.1, -0.05) is 0 Å². The predicted molar refractivity (Wildman–Crippen MR) is 130 cm³/mol. The number of carbonyl (C=O) groups is 1. The molecule has 5 rings (SSSR count). The highest BCUT2D eigenvalue weighted by Gasteiger charge is 2.28. The smallest absolute Gasteiger partial charge is 0.266 e. The average molecular weight is 484 g/mol. The summed E-state index contributed by atoms with van der Waals surface area (Å²) in [5.41, 5.74) is 2.31. The van der Waals surface area contributed by atoms with E-state index in [1.54, 1.807) is 17.2 Å². The first-order chi connectivity index (χ1) is 16.0. The molecule has 10 heteroatoms. The highest BCUT2D eigenvalue weighted by Crippen LogP contribution is 2.42. The molecule has 170 valence electrons. The fraction of sp³-hybridized carbons (Fsp3) is 0.304. The summed E-state index contributed by atoms with van der Waals surface area (Å²) in [5.74, 6) is 0.727. The van der Waals surface area contributed by atoms with Crippen molar-refractivity contribution in [2.45, 2.75) is 26.5 Å². The van der Waals surface area contributed by atoms with Crippen LogP contribution in [0, 0.1) is 0 Å². The molecule has 1 aromatic carbocycles. The molecule has 4 aromatic rings. The monoisotopic (exact) mass is 483 g/mol. The molecule has 1 N–H and O–H groups in total. The van der Waals surface area contributed by atoms with Crippen LogP contribution < -0.4 is 10.1 Å². The molecule has 1 amide bonds. The Morgan fingerprint density at radius 1 is 1.27 bits per heavy atom. The number of pyridine rings is 1. The summed E-state index contributed by atoms with van der Waals surface area (Å²) in [6.07, 6.45) is 1.59. The number of nitrogens with zero attached hydrogens (tertiary/aromatic N) is 4. The molecule has 0 radical (unpaired) electrons. The molecule has 1 atom stereocenters. The van der Waals surface area contributed by atoms with E-state index in [0.717, 1.165) is 31.6 Å². The quantitative estimate of drug-likeness (QED) is 0.394. The van der Waals surface area contributed by atoms with Crippen LogP contribution in [0.5, 0.6) is 11.8 Å². The van der Waals surface area contributed by atoms with E-state index in [2.05, 4.69) is 20.3 Å². The van der Waals surface area contributed by atoms with Gasteiger partial charge in [0.1, 0.15) is 4.88 Å². The van der Waals surface area contributed by atoms with Crippen LogP contribution in [-0.4, -0.2) is 52.0 Å². The Bertz CT molecular complexity index is 1380. The van der Waals surface area contributed by atoms with Gasteiger partial charge in [0.05, 0.1) is 23.4 Å². The molecule has 0 saturated heterocycles. The number of hydrogen-bond acceptors (Lipinski definition) is 8. The number of benzene rings is 1. The van der Waals surface area contributed by atoms with Crippen LogP contribution in [-0.2, 0) is 11.3 Å². The minimum absolute atomic E-state index is 0.0345. The maximum absolute atomic E-state index is 13.0. The van der Waals surface area contributed by atoms with E-state index in [0.29, 0.717) is 37.1 Å². The van der Waals surface area contributed by atoms with Crippen LogP contribution in [0.15, 0.2) is 30.5 Å². The lowest BCUT2D eigenvalue weighted by atomic mass is 10.1. The average Bonchev–Trinajstić information content (AvgIpc) is 3.15. The maximum atomic E-state index is 13.0. The molecule has 0 saturated carbocycles. The van der Waals surface area contributed by atoms with Crippen molar-refractivity contribution >= 4 is 55.5 Å². The van der Waals surface area contributed by atoms with E-state index >= 15 is 0 Å². The summed E-state index contributed by atoms with van der Waals surface area (Å²) in [5, 5.41) is 5.52. The number of nitrogens with one attached hydrogen (secondary N) is 1. The SMILES string of the molecule is CCOCc1cnc(Cl)nc1Oc1ccc2c(ccc3sc4c(c32)NC[C@@H](C)N(C)C4=O)n1. The molecule has 0 aliphatic carbocycles. The van der Waals surface area contributed by atoms with E-state index in [1.807, 2.05) is 39.1 Å². The summed E-state index contributed by atoms with van der Waals surface area (Å²) in [4.78, 5) is 28.4. The largest absolute Gasteiger partial charge is 0.420 e. The number of fused-ring (bicyclic) bond motifs is 5. The third-order valence-corrected chi connectivity index (χ3v) is 7.03. The van der Waals surface area contributed by atoms with Crippen molar-refractivity contribution in [3.63, 3.8) is 0 Å². The van der Waals surface area contributed by atoms with Gasteiger partial charge in [0, 0.05) is 54.0 Å². The third kappa shape index (κ3) is 3.96. The molecule has 1 aliphatic rings. The first-order valence-corrected chi connectivity index (χ1v) is 11.8. The molecule has 33 heavy (non-hydrogen) atoms.